The Balaban J connectivity index is 1.04. The molecule has 0 saturated carbocycles. The predicted molar refractivity (Wildman–Crippen MR) is 261 cm³/mol. The Morgan fingerprint density at radius 2 is 0.919 bits per heavy atom. The summed E-state index contributed by atoms with van der Waals surface area (Å²) in [6.07, 6.45) is 0. The summed E-state index contributed by atoms with van der Waals surface area (Å²) in [5, 5.41) is 7.24. The fraction of sp³-hybridized carbons (Fsp3) is 0.0508. The lowest BCUT2D eigenvalue weighted by atomic mass is 9.72. The molecule has 3 heteroatoms. The second-order valence-electron chi connectivity index (χ2n) is 17.0. The maximum Gasteiger partial charge on any atom is 0.135 e. The van der Waals surface area contributed by atoms with E-state index in [1.165, 1.54) is 66.3 Å². The van der Waals surface area contributed by atoms with E-state index in [1.54, 1.807) is 0 Å². The molecule has 1 aliphatic heterocycles. The van der Waals surface area contributed by atoms with Crippen LogP contribution >= 0.6 is 0 Å². The Hall–Kier alpha value is -7.88. The minimum absolute atomic E-state index is 0.356. The zero-order chi connectivity index (χ0) is 41.4. The summed E-state index contributed by atoms with van der Waals surface area (Å²) in [6.45, 7) is 4.77. The number of fused-ring (bicyclic) bond motifs is 8. The van der Waals surface area contributed by atoms with Gasteiger partial charge in [0.2, 0.25) is 0 Å². The average molecular weight is 795 g/mol. The second kappa shape index (κ2) is 14.1. The lowest BCUT2D eigenvalue weighted by Gasteiger charge is -2.43. The first-order valence-corrected chi connectivity index (χ1v) is 21.4. The molecular weight excluding hydrogens is 753 g/mol. The van der Waals surface area contributed by atoms with Crippen molar-refractivity contribution >= 4 is 77.6 Å². The van der Waals surface area contributed by atoms with Crippen LogP contribution in [0, 0.1) is 0 Å². The van der Waals surface area contributed by atoms with Crippen LogP contribution in [0.3, 0.4) is 0 Å². The van der Waals surface area contributed by atoms with Crippen LogP contribution in [0.4, 0.5) is 34.1 Å². The molecule has 0 fully saturated rings. The molecule has 0 aliphatic carbocycles. The van der Waals surface area contributed by atoms with Crippen molar-refractivity contribution in [3.63, 3.8) is 0 Å². The molecule has 0 atom stereocenters. The molecule has 0 bridgehead atoms. The van der Waals surface area contributed by atoms with Crippen LogP contribution in [0.1, 0.15) is 25.0 Å². The van der Waals surface area contributed by atoms with Gasteiger partial charge in [-0.1, -0.05) is 147 Å². The molecule has 294 valence electrons. The van der Waals surface area contributed by atoms with Gasteiger partial charge in [-0.2, -0.15) is 0 Å². The highest BCUT2D eigenvalue weighted by Gasteiger charge is 2.38. The number of hydrogen-bond donors (Lipinski definition) is 0. The largest absolute Gasteiger partial charge is 0.456 e. The molecule has 2 heterocycles. The number of benzene rings is 10. The van der Waals surface area contributed by atoms with E-state index in [1.807, 2.05) is 12.1 Å². The fourth-order valence-corrected chi connectivity index (χ4v) is 9.82. The Kier molecular flexibility index (Phi) is 8.20. The van der Waals surface area contributed by atoms with Crippen LogP contribution in [0.5, 0.6) is 0 Å². The van der Waals surface area contributed by atoms with Crippen molar-refractivity contribution in [2.24, 2.45) is 0 Å². The van der Waals surface area contributed by atoms with Crippen molar-refractivity contribution in [3.8, 4) is 22.3 Å². The minimum atomic E-state index is -0.356. The molecule has 0 N–H and O–H groups in total. The van der Waals surface area contributed by atoms with Crippen molar-refractivity contribution in [2.45, 2.75) is 19.3 Å². The SMILES string of the molecule is CC1(C)c2cc(-c3ccc4oc5ccccc5c4c3)ccc2N(c2ccc(-c3ccccc3)cc2)c2ccc(N(c3ccccc3)c3ccc4ccc5ccccc5c4c3)cc21. The van der Waals surface area contributed by atoms with Crippen LogP contribution in [0.15, 0.2) is 223 Å². The van der Waals surface area contributed by atoms with Gasteiger partial charge in [-0.3, -0.25) is 0 Å². The molecule has 3 nitrogen and oxygen atoms in total. The van der Waals surface area contributed by atoms with Gasteiger partial charge in [-0.25, -0.2) is 0 Å². The molecule has 0 spiro atoms. The van der Waals surface area contributed by atoms with E-state index in [2.05, 4.69) is 230 Å². The van der Waals surface area contributed by atoms with E-state index >= 15 is 0 Å². The zero-order valence-corrected chi connectivity index (χ0v) is 34.6. The highest BCUT2D eigenvalue weighted by atomic mass is 16.3. The Bertz CT molecular complexity index is 3490. The molecule has 1 aliphatic rings. The number of nitrogens with zero attached hydrogens (tertiary/aromatic N) is 2. The molecule has 62 heavy (non-hydrogen) atoms. The van der Waals surface area contributed by atoms with Crippen LogP contribution in [0.25, 0.3) is 65.7 Å². The van der Waals surface area contributed by atoms with Crippen LogP contribution in [-0.2, 0) is 5.41 Å². The first kappa shape index (κ1) is 36.0. The molecular formula is C59H42N2O. The van der Waals surface area contributed by atoms with Gasteiger partial charge in [-0.05, 0) is 140 Å². The van der Waals surface area contributed by atoms with Crippen molar-refractivity contribution in [3.05, 3.63) is 230 Å². The lowest BCUT2D eigenvalue weighted by molar-refractivity contribution is 0.632. The molecule has 11 aromatic rings. The van der Waals surface area contributed by atoms with Gasteiger partial charge >= 0.3 is 0 Å². The van der Waals surface area contributed by atoms with E-state index in [-0.39, 0.29) is 5.41 Å². The number of furan rings is 1. The van der Waals surface area contributed by atoms with E-state index < -0.39 is 0 Å². The molecule has 0 unspecified atom stereocenters. The predicted octanol–water partition coefficient (Wildman–Crippen LogP) is 16.8. The van der Waals surface area contributed by atoms with Crippen molar-refractivity contribution in [1.29, 1.82) is 0 Å². The van der Waals surface area contributed by atoms with Crippen LogP contribution in [0.2, 0.25) is 0 Å². The van der Waals surface area contributed by atoms with E-state index in [4.69, 9.17) is 4.42 Å². The highest BCUT2D eigenvalue weighted by molar-refractivity contribution is 6.09. The number of anilines is 6. The number of hydrogen-bond acceptors (Lipinski definition) is 3. The van der Waals surface area contributed by atoms with Crippen molar-refractivity contribution in [2.75, 3.05) is 9.80 Å². The Labute approximate surface area is 361 Å². The van der Waals surface area contributed by atoms with Crippen molar-refractivity contribution in [1.82, 2.24) is 0 Å². The monoisotopic (exact) mass is 794 g/mol. The molecule has 12 rings (SSSR count). The molecule has 0 saturated heterocycles. The van der Waals surface area contributed by atoms with Gasteiger partial charge in [0.25, 0.3) is 0 Å². The van der Waals surface area contributed by atoms with Crippen molar-refractivity contribution < 1.29 is 4.42 Å². The maximum atomic E-state index is 6.23. The van der Waals surface area contributed by atoms with Crippen LogP contribution < -0.4 is 9.80 Å². The van der Waals surface area contributed by atoms with Gasteiger partial charge in [0.05, 0.1) is 11.4 Å². The summed E-state index contributed by atoms with van der Waals surface area (Å²) in [6, 6.07) is 79.4. The summed E-state index contributed by atoms with van der Waals surface area (Å²) in [5.41, 5.74) is 15.6. The van der Waals surface area contributed by atoms with Gasteiger partial charge < -0.3 is 14.2 Å². The quantitative estimate of drug-likeness (QED) is 0.156. The fourth-order valence-electron chi connectivity index (χ4n) is 9.82. The summed E-state index contributed by atoms with van der Waals surface area (Å²) in [4.78, 5) is 4.87. The summed E-state index contributed by atoms with van der Waals surface area (Å²) < 4.78 is 6.23. The Morgan fingerprint density at radius 1 is 0.371 bits per heavy atom. The average Bonchev–Trinajstić information content (AvgIpc) is 3.71. The van der Waals surface area contributed by atoms with Gasteiger partial charge in [-0.15, -0.1) is 0 Å². The summed E-state index contributed by atoms with van der Waals surface area (Å²) in [7, 11) is 0. The number of rotatable bonds is 6. The maximum absolute atomic E-state index is 6.23. The van der Waals surface area contributed by atoms with E-state index in [0.29, 0.717) is 0 Å². The third kappa shape index (κ3) is 5.81. The smallest absolute Gasteiger partial charge is 0.135 e. The highest BCUT2D eigenvalue weighted by Crippen LogP contribution is 2.54. The molecule has 1 aromatic heterocycles. The van der Waals surface area contributed by atoms with Gasteiger partial charge in [0.1, 0.15) is 11.2 Å². The minimum Gasteiger partial charge on any atom is -0.456 e. The Morgan fingerprint density at radius 3 is 1.73 bits per heavy atom. The third-order valence-electron chi connectivity index (χ3n) is 13.0. The van der Waals surface area contributed by atoms with E-state index in [9.17, 15) is 0 Å². The third-order valence-corrected chi connectivity index (χ3v) is 13.0. The summed E-state index contributed by atoms with van der Waals surface area (Å²) in [5.74, 6) is 0. The number of para-hydroxylation sites is 2. The first-order chi connectivity index (χ1) is 30.5. The summed E-state index contributed by atoms with van der Waals surface area (Å²) >= 11 is 0. The molecule has 0 radical (unpaired) electrons. The van der Waals surface area contributed by atoms with Gasteiger partial charge in [0, 0.05) is 38.9 Å². The first-order valence-electron chi connectivity index (χ1n) is 21.4. The normalized spacial score (nSPS) is 13.1. The second-order valence-corrected chi connectivity index (χ2v) is 17.0. The standard InChI is InChI=1S/C59H42N2O/c1-59(2)53-36-44(43-27-34-58-52(35-43)50-19-11-12-20-57(50)62-58)26-32-55(53)61(46-28-23-40(24-29-46)39-13-5-3-6-14-39)56-33-31-48(38-54(56)59)60(45-16-7-4-8-17-45)47-30-25-42-22-21-41-15-9-10-18-49(41)51(42)37-47/h3-38H,1-2H3. The lowest BCUT2D eigenvalue weighted by Crippen LogP contribution is -2.31. The molecule has 0 amide bonds. The molecule has 10 aromatic carbocycles. The topological polar surface area (TPSA) is 19.6 Å². The zero-order valence-electron chi connectivity index (χ0n) is 34.6. The van der Waals surface area contributed by atoms with E-state index in [0.717, 1.165) is 44.7 Å². The van der Waals surface area contributed by atoms with Gasteiger partial charge in [0.15, 0.2) is 0 Å². The van der Waals surface area contributed by atoms with Crippen LogP contribution in [-0.4, -0.2) is 0 Å².